The van der Waals surface area contributed by atoms with Crippen LogP contribution < -0.4 is 16.0 Å². The van der Waals surface area contributed by atoms with Crippen LogP contribution in [0.25, 0.3) is 0 Å². The first-order valence-electron chi connectivity index (χ1n) is 9.07. The third-order valence-corrected chi connectivity index (χ3v) is 4.67. The van der Waals surface area contributed by atoms with Crippen molar-refractivity contribution in [3.63, 3.8) is 0 Å². The van der Waals surface area contributed by atoms with Crippen LogP contribution in [0.2, 0.25) is 0 Å². The van der Waals surface area contributed by atoms with Gasteiger partial charge in [-0.25, -0.2) is 0 Å². The highest BCUT2D eigenvalue weighted by Crippen LogP contribution is 2.15. The third-order valence-electron chi connectivity index (χ3n) is 4.67. The summed E-state index contributed by atoms with van der Waals surface area (Å²) in [6, 6.07) is 4.99. The Labute approximate surface area is 153 Å². The van der Waals surface area contributed by atoms with Crippen LogP contribution in [0.5, 0.6) is 0 Å². The minimum absolute atomic E-state index is 0.0558. The number of aliphatic carboxylic acids is 1. The first kappa shape index (κ1) is 19.9. The summed E-state index contributed by atoms with van der Waals surface area (Å²) in [7, 11) is 0. The van der Waals surface area contributed by atoms with E-state index in [4.69, 9.17) is 5.11 Å². The number of hydrogen-bond donors (Lipinski definition) is 4. The molecule has 1 aromatic rings. The maximum absolute atomic E-state index is 12.3. The van der Waals surface area contributed by atoms with Crippen LogP contribution in [0.1, 0.15) is 52.0 Å². The fraction of sp³-hybridized carbons (Fsp3) is 0.526. The zero-order valence-electron chi connectivity index (χ0n) is 15.1. The van der Waals surface area contributed by atoms with Crippen LogP contribution in [0.4, 0.5) is 0 Å². The number of amides is 2. The van der Waals surface area contributed by atoms with Crippen LogP contribution in [0.15, 0.2) is 18.2 Å². The Bertz CT molecular complexity index is 654. The lowest BCUT2D eigenvalue weighted by Crippen LogP contribution is -2.31. The summed E-state index contributed by atoms with van der Waals surface area (Å²) in [6.07, 6.45) is 3.10. The summed E-state index contributed by atoms with van der Waals surface area (Å²) in [5.41, 5.74) is 1.56. The standard InChI is InChI=1S/C19H27N3O4/c1-13-2-3-15(12-16(13)19(26)22-11-7-17(23)24)18(25)21-10-6-14-4-8-20-9-5-14/h2-3,12,14,20H,4-11H2,1H3,(H,21,25)(H,22,26)(H,23,24). The van der Waals surface area contributed by atoms with E-state index in [2.05, 4.69) is 16.0 Å². The number of piperidine rings is 1. The molecule has 0 saturated carbocycles. The van der Waals surface area contributed by atoms with Crippen molar-refractivity contribution in [2.75, 3.05) is 26.2 Å². The van der Waals surface area contributed by atoms with Crippen LogP contribution >= 0.6 is 0 Å². The lowest BCUT2D eigenvalue weighted by atomic mass is 9.95. The summed E-state index contributed by atoms with van der Waals surface area (Å²) >= 11 is 0. The maximum Gasteiger partial charge on any atom is 0.305 e. The van der Waals surface area contributed by atoms with E-state index in [1.807, 2.05) is 0 Å². The van der Waals surface area contributed by atoms with Gasteiger partial charge in [0.2, 0.25) is 0 Å². The molecular weight excluding hydrogens is 334 g/mol. The number of aryl methyl sites for hydroxylation is 1. The predicted octanol–water partition coefficient (Wildman–Crippen LogP) is 1.32. The van der Waals surface area contributed by atoms with Gasteiger partial charge in [0, 0.05) is 24.2 Å². The van der Waals surface area contributed by atoms with Crippen LogP contribution in [0, 0.1) is 12.8 Å². The lowest BCUT2D eigenvalue weighted by Gasteiger charge is -2.22. The molecule has 1 saturated heterocycles. The Morgan fingerprint density at radius 2 is 1.81 bits per heavy atom. The van der Waals surface area contributed by atoms with E-state index < -0.39 is 5.97 Å². The topological polar surface area (TPSA) is 108 Å². The molecule has 1 aliphatic heterocycles. The van der Waals surface area contributed by atoms with Gasteiger partial charge in [-0.2, -0.15) is 0 Å². The van der Waals surface area contributed by atoms with Gasteiger partial charge in [0.1, 0.15) is 0 Å². The molecule has 142 valence electrons. The molecule has 7 heteroatoms. The van der Waals surface area contributed by atoms with Crippen molar-refractivity contribution in [1.29, 1.82) is 0 Å². The molecule has 0 spiro atoms. The molecule has 1 fully saturated rings. The molecular formula is C19H27N3O4. The minimum Gasteiger partial charge on any atom is -0.481 e. The van der Waals surface area contributed by atoms with Crippen LogP contribution in [-0.4, -0.2) is 49.1 Å². The molecule has 1 heterocycles. The molecule has 26 heavy (non-hydrogen) atoms. The number of rotatable bonds is 8. The zero-order valence-corrected chi connectivity index (χ0v) is 15.1. The molecule has 1 aliphatic rings. The smallest absolute Gasteiger partial charge is 0.305 e. The summed E-state index contributed by atoms with van der Waals surface area (Å²) < 4.78 is 0. The number of benzene rings is 1. The van der Waals surface area contributed by atoms with E-state index in [0.29, 0.717) is 23.6 Å². The second kappa shape index (κ2) is 9.91. The highest BCUT2D eigenvalue weighted by molar-refractivity contribution is 6.00. The molecule has 0 bridgehead atoms. The summed E-state index contributed by atoms with van der Waals surface area (Å²) in [5, 5.41) is 17.4. The van der Waals surface area contributed by atoms with Gasteiger partial charge in [-0.3, -0.25) is 14.4 Å². The average Bonchev–Trinajstić information content (AvgIpc) is 2.62. The quantitative estimate of drug-likeness (QED) is 0.559. The number of carbonyl (C=O) groups is 3. The van der Waals surface area contributed by atoms with E-state index >= 15 is 0 Å². The Morgan fingerprint density at radius 3 is 2.50 bits per heavy atom. The Hall–Kier alpha value is -2.41. The van der Waals surface area contributed by atoms with Crippen molar-refractivity contribution in [1.82, 2.24) is 16.0 Å². The molecule has 4 N–H and O–H groups in total. The second-order valence-electron chi connectivity index (χ2n) is 6.67. The van der Waals surface area contributed by atoms with Crippen molar-refractivity contribution in [2.45, 2.75) is 32.6 Å². The highest BCUT2D eigenvalue weighted by Gasteiger charge is 2.15. The molecule has 0 unspecified atom stereocenters. The summed E-state index contributed by atoms with van der Waals surface area (Å²) in [6.45, 7) is 4.54. The zero-order chi connectivity index (χ0) is 18.9. The Morgan fingerprint density at radius 1 is 1.12 bits per heavy atom. The van der Waals surface area contributed by atoms with E-state index in [-0.39, 0.29) is 24.8 Å². The third kappa shape index (κ3) is 6.15. The van der Waals surface area contributed by atoms with Gasteiger partial charge in [0.05, 0.1) is 6.42 Å². The number of carbonyl (C=O) groups excluding carboxylic acids is 2. The highest BCUT2D eigenvalue weighted by atomic mass is 16.4. The minimum atomic E-state index is -0.969. The number of nitrogens with one attached hydrogen (secondary N) is 3. The summed E-state index contributed by atoms with van der Waals surface area (Å²) in [5.74, 6) is -0.888. The molecule has 2 amide bonds. The fourth-order valence-electron chi connectivity index (χ4n) is 3.05. The largest absolute Gasteiger partial charge is 0.481 e. The average molecular weight is 361 g/mol. The molecule has 0 atom stereocenters. The molecule has 1 aromatic carbocycles. The summed E-state index contributed by atoms with van der Waals surface area (Å²) in [4.78, 5) is 35.1. The van der Waals surface area contributed by atoms with E-state index in [9.17, 15) is 14.4 Å². The molecule has 7 nitrogen and oxygen atoms in total. The van der Waals surface area contributed by atoms with Gasteiger partial charge in [-0.1, -0.05) is 6.07 Å². The van der Waals surface area contributed by atoms with E-state index in [0.717, 1.165) is 37.9 Å². The van der Waals surface area contributed by atoms with Crippen molar-refractivity contribution in [3.05, 3.63) is 34.9 Å². The lowest BCUT2D eigenvalue weighted by molar-refractivity contribution is -0.136. The molecule has 0 aromatic heterocycles. The Kier molecular flexibility index (Phi) is 7.59. The van der Waals surface area contributed by atoms with Crippen molar-refractivity contribution >= 4 is 17.8 Å². The molecule has 2 rings (SSSR count). The molecule has 0 aliphatic carbocycles. The second-order valence-corrected chi connectivity index (χ2v) is 6.67. The van der Waals surface area contributed by atoms with E-state index in [1.54, 1.807) is 25.1 Å². The van der Waals surface area contributed by atoms with Gasteiger partial charge in [0.15, 0.2) is 0 Å². The van der Waals surface area contributed by atoms with Gasteiger partial charge in [-0.15, -0.1) is 0 Å². The first-order valence-corrected chi connectivity index (χ1v) is 9.07. The predicted molar refractivity (Wildman–Crippen MR) is 98.3 cm³/mol. The van der Waals surface area contributed by atoms with Gasteiger partial charge < -0.3 is 21.1 Å². The van der Waals surface area contributed by atoms with Crippen LogP contribution in [0.3, 0.4) is 0 Å². The van der Waals surface area contributed by atoms with Gasteiger partial charge in [-0.05, 0) is 62.9 Å². The number of carboxylic acid groups (broad SMARTS) is 1. The Balaban J connectivity index is 1.88. The van der Waals surface area contributed by atoms with Crippen LogP contribution in [-0.2, 0) is 4.79 Å². The van der Waals surface area contributed by atoms with Crippen molar-refractivity contribution in [3.8, 4) is 0 Å². The first-order chi connectivity index (χ1) is 12.5. The monoisotopic (exact) mass is 361 g/mol. The normalized spacial score (nSPS) is 14.7. The van der Waals surface area contributed by atoms with Gasteiger partial charge in [0.25, 0.3) is 11.8 Å². The fourth-order valence-corrected chi connectivity index (χ4v) is 3.05. The number of carboxylic acids is 1. The van der Waals surface area contributed by atoms with Crippen molar-refractivity contribution in [2.24, 2.45) is 5.92 Å². The SMILES string of the molecule is Cc1ccc(C(=O)NCCC2CCNCC2)cc1C(=O)NCCC(=O)O. The number of hydrogen-bond acceptors (Lipinski definition) is 4. The van der Waals surface area contributed by atoms with E-state index in [1.165, 1.54) is 0 Å². The maximum atomic E-state index is 12.3. The van der Waals surface area contributed by atoms with Gasteiger partial charge >= 0.3 is 5.97 Å². The molecule has 0 radical (unpaired) electrons. The van der Waals surface area contributed by atoms with Crippen molar-refractivity contribution < 1.29 is 19.5 Å².